The lowest BCUT2D eigenvalue weighted by atomic mass is 10.2. The first-order valence-corrected chi connectivity index (χ1v) is 10.7. The summed E-state index contributed by atoms with van der Waals surface area (Å²) in [4.78, 5) is 14.1. The van der Waals surface area contributed by atoms with Crippen molar-refractivity contribution in [3.63, 3.8) is 0 Å². The second-order valence-corrected chi connectivity index (χ2v) is 9.47. The van der Waals surface area contributed by atoms with Crippen LogP contribution in [0.3, 0.4) is 0 Å². The highest BCUT2D eigenvalue weighted by Crippen LogP contribution is 2.51. The molecule has 136 valence electrons. The van der Waals surface area contributed by atoms with Crippen LogP contribution in [0.1, 0.15) is 24.8 Å². The summed E-state index contributed by atoms with van der Waals surface area (Å²) in [6, 6.07) is 9.50. The Bertz CT molecular complexity index is 719. The van der Waals surface area contributed by atoms with Crippen LogP contribution in [0.5, 0.6) is 0 Å². The summed E-state index contributed by atoms with van der Waals surface area (Å²) in [5.41, 5.74) is 0.794. The normalized spacial score (nSPS) is 29.3. The summed E-state index contributed by atoms with van der Waals surface area (Å²) in [5.74, 6) is 1.70. The van der Waals surface area contributed by atoms with Gasteiger partial charge in [0.2, 0.25) is 10.0 Å². The SMILES string of the molecule is O=C(NC1CC2CC2C1)N1CCN(S(=O)(=O)Cc2ccccc2)CC1. The number of carbonyl (C=O) groups is 1. The molecular formula is C18H25N3O3S. The van der Waals surface area contributed by atoms with Crippen molar-refractivity contribution in [2.24, 2.45) is 11.8 Å². The number of hydrogen-bond acceptors (Lipinski definition) is 3. The number of amides is 2. The molecule has 2 atom stereocenters. The molecule has 2 saturated carbocycles. The van der Waals surface area contributed by atoms with Crippen LogP contribution < -0.4 is 5.32 Å². The average molecular weight is 363 g/mol. The van der Waals surface area contributed by atoms with Gasteiger partial charge in [0.1, 0.15) is 0 Å². The third kappa shape index (κ3) is 3.82. The Hall–Kier alpha value is -1.60. The maximum atomic E-state index is 12.6. The van der Waals surface area contributed by atoms with E-state index in [2.05, 4.69) is 5.32 Å². The van der Waals surface area contributed by atoms with E-state index in [4.69, 9.17) is 0 Å². The number of nitrogens with zero attached hydrogens (tertiary/aromatic N) is 2. The number of fused-ring (bicyclic) bond motifs is 1. The number of carbonyl (C=O) groups excluding carboxylic acids is 1. The van der Waals surface area contributed by atoms with Crippen molar-refractivity contribution in [3.05, 3.63) is 35.9 Å². The number of benzene rings is 1. The Morgan fingerprint density at radius 1 is 1.00 bits per heavy atom. The first kappa shape index (κ1) is 16.8. The summed E-state index contributed by atoms with van der Waals surface area (Å²) >= 11 is 0. The van der Waals surface area contributed by atoms with Crippen molar-refractivity contribution < 1.29 is 13.2 Å². The zero-order valence-corrected chi connectivity index (χ0v) is 15.1. The molecule has 3 aliphatic rings. The molecule has 1 aromatic rings. The van der Waals surface area contributed by atoms with Gasteiger partial charge < -0.3 is 10.2 Å². The van der Waals surface area contributed by atoms with Gasteiger partial charge in [0.25, 0.3) is 0 Å². The van der Waals surface area contributed by atoms with Crippen LogP contribution >= 0.6 is 0 Å². The maximum Gasteiger partial charge on any atom is 0.317 e. The van der Waals surface area contributed by atoms with Crippen LogP contribution in [0, 0.1) is 11.8 Å². The maximum absolute atomic E-state index is 12.6. The number of hydrogen-bond donors (Lipinski definition) is 1. The van der Waals surface area contributed by atoms with Crippen LogP contribution in [0.2, 0.25) is 0 Å². The molecule has 25 heavy (non-hydrogen) atoms. The molecule has 2 unspecified atom stereocenters. The molecular weight excluding hydrogens is 338 g/mol. The standard InChI is InChI=1S/C18H25N3O3S/c22-18(19-17-11-15-10-16(15)12-17)20-6-8-21(9-7-20)25(23,24)13-14-4-2-1-3-5-14/h1-5,15-17H,6-13H2,(H,19,22). The van der Waals surface area contributed by atoms with Gasteiger partial charge in [-0.05, 0) is 36.7 Å². The minimum absolute atomic E-state index is 0.0187. The van der Waals surface area contributed by atoms with Crippen LogP contribution in [0.4, 0.5) is 4.79 Å². The Morgan fingerprint density at radius 3 is 2.28 bits per heavy atom. The van der Waals surface area contributed by atoms with E-state index in [0.717, 1.165) is 30.2 Å². The quantitative estimate of drug-likeness (QED) is 0.884. The number of rotatable bonds is 4. The molecule has 1 aliphatic heterocycles. The van der Waals surface area contributed by atoms with Crippen LogP contribution in [-0.2, 0) is 15.8 Å². The van der Waals surface area contributed by atoms with Gasteiger partial charge in [-0.2, -0.15) is 4.31 Å². The molecule has 1 aromatic carbocycles. The van der Waals surface area contributed by atoms with E-state index < -0.39 is 10.0 Å². The second kappa shape index (κ2) is 6.61. The predicted octanol–water partition coefficient (Wildman–Crippen LogP) is 1.64. The van der Waals surface area contributed by atoms with Gasteiger partial charge in [0.15, 0.2) is 0 Å². The van der Waals surface area contributed by atoms with Crippen molar-refractivity contribution in [1.82, 2.24) is 14.5 Å². The first-order valence-electron chi connectivity index (χ1n) is 9.08. The average Bonchev–Trinajstić information content (AvgIpc) is 3.22. The summed E-state index contributed by atoms with van der Waals surface area (Å²) in [6.45, 7) is 1.66. The van der Waals surface area contributed by atoms with E-state index in [0.29, 0.717) is 32.2 Å². The monoisotopic (exact) mass is 363 g/mol. The first-order chi connectivity index (χ1) is 12.0. The van der Waals surface area contributed by atoms with E-state index in [-0.39, 0.29) is 11.8 Å². The Labute approximate surface area is 149 Å². The van der Waals surface area contributed by atoms with E-state index in [1.807, 2.05) is 30.3 Å². The van der Waals surface area contributed by atoms with Crippen LogP contribution in [0.25, 0.3) is 0 Å². The smallest absolute Gasteiger partial charge is 0.317 e. The fourth-order valence-electron chi connectivity index (χ4n) is 4.14. The van der Waals surface area contributed by atoms with Crippen LogP contribution in [-0.4, -0.2) is 55.9 Å². The van der Waals surface area contributed by atoms with Crippen molar-refractivity contribution in [2.45, 2.75) is 31.1 Å². The highest BCUT2D eigenvalue weighted by Gasteiger charge is 2.46. The third-order valence-corrected chi connectivity index (χ3v) is 7.53. The fraction of sp³-hybridized carbons (Fsp3) is 0.611. The van der Waals surface area contributed by atoms with Gasteiger partial charge >= 0.3 is 6.03 Å². The van der Waals surface area contributed by atoms with Crippen molar-refractivity contribution in [3.8, 4) is 0 Å². The minimum atomic E-state index is -3.33. The minimum Gasteiger partial charge on any atom is -0.335 e. The highest BCUT2D eigenvalue weighted by atomic mass is 32.2. The lowest BCUT2D eigenvalue weighted by molar-refractivity contribution is 0.168. The number of urea groups is 1. The van der Waals surface area contributed by atoms with E-state index in [1.54, 1.807) is 4.90 Å². The Kier molecular flexibility index (Phi) is 4.45. The lowest BCUT2D eigenvalue weighted by Crippen LogP contribution is -2.54. The van der Waals surface area contributed by atoms with Crippen LogP contribution in [0.15, 0.2) is 30.3 Å². The van der Waals surface area contributed by atoms with Gasteiger partial charge in [0.05, 0.1) is 5.75 Å². The highest BCUT2D eigenvalue weighted by molar-refractivity contribution is 7.88. The third-order valence-electron chi connectivity index (χ3n) is 5.68. The largest absolute Gasteiger partial charge is 0.335 e. The zero-order valence-electron chi connectivity index (χ0n) is 14.3. The lowest BCUT2D eigenvalue weighted by Gasteiger charge is -2.34. The molecule has 2 amide bonds. The zero-order chi connectivity index (χ0) is 17.4. The molecule has 0 radical (unpaired) electrons. The Morgan fingerprint density at radius 2 is 1.64 bits per heavy atom. The van der Waals surface area contributed by atoms with Gasteiger partial charge in [0, 0.05) is 32.2 Å². The molecule has 7 heteroatoms. The summed E-state index contributed by atoms with van der Waals surface area (Å²) in [6.07, 6.45) is 3.56. The van der Waals surface area contributed by atoms with E-state index in [1.165, 1.54) is 10.7 Å². The molecule has 6 nitrogen and oxygen atoms in total. The van der Waals surface area contributed by atoms with Gasteiger partial charge in [-0.3, -0.25) is 0 Å². The van der Waals surface area contributed by atoms with Crippen molar-refractivity contribution >= 4 is 16.1 Å². The molecule has 4 rings (SSSR count). The van der Waals surface area contributed by atoms with Crippen molar-refractivity contribution in [1.29, 1.82) is 0 Å². The Balaban J connectivity index is 1.28. The van der Waals surface area contributed by atoms with Gasteiger partial charge in [-0.25, -0.2) is 13.2 Å². The van der Waals surface area contributed by atoms with Gasteiger partial charge in [-0.15, -0.1) is 0 Å². The summed E-state index contributed by atoms with van der Waals surface area (Å²) in [7, 11) is -3.33. The molecule has 3 fully saturated rings. The van der Waals surface area contributed by atoms with Gasteiger partial charge in [-0.1, -0.05) is 30.3 Å². The second-order valence-electron chi connectivity index (χ2n) is 7.50. The topological polar surface area (TPSA) is 69.7 Å². The molecule has 1 saturated heterocycles. The molecule has 0 aromatic heterocycles. The number of sulfonamides is 1. The number of nitrogens with one attached hydrogen (secondary N) is 1. The fourth-order valence-corrected chi connectivity index (χ4v) is 5.66. The molecule has 2 aliphatic carbocycles. The molecule has 0 spiro atoms. The summed E-state index contributed by atoms with van der Waals surface area (Å²) < 4.78 is 26.6. The molecule has 1 heterocycles. The van der Waals surface area contributed by atoms with Crippen molar-refractivity contribution in [2.75, 3.05) is 26.2 Å². The predicted molar refractivity (Wildman–Crippen MR) is 95.4 cm³/mol. The van der Waals surface area contributed by atoms with E-state index in [9.17, 15) is 13.2 Å². The summed E-state index contributed by atoms with van der Waals surface area (Å²) in [5, 5.41) is 3.12. The molecule has 0 bridgehead atoms. The molecule has 1 N–H and O–H groups in total. The van der Waals surface area contributed by atoms with E-state index >= 15 is 0 Å². The number of piperazine rings is 1.